The zero-order chi connectivity index (χ0) is 8.97. The van der Waals surface area contributed by atoms with Gasteiger partial charge in [-0.05, 0) is 13.3 Å². The van der Waals surface area contributed by atoms with Crippen LogP contribution in [-0.4, -0.2) is 15.1 Å². The van der Waals surface area contributed by atoms with Crippen molar-refractivity contribution < 1.29 is 5.11 Å². The van der Waals surface area contributed by atoms with Crippen LogP contribution in [0.1, 0.15) is 44.3 Å². The molecule has 3 nitrogen and oxygen atoms in total. The Kier molecular flexibility index (Phi) is 3.29. The summed E-state index contributed by atoms with van der Waals surface area (Å²) < 4.78 is 0. The number of unbranched alkanes of at least 4 members (excludes halogenated alkanes) is 1. The smallest absolute Gasteiger partial charge is 0.106 e. The SMILES string of the molecule is CCCCc1nc(C(C)O)c[nH]1. The highest BCUT2D eigenvalue weighted by Gasteiger charge is 2.04. The van der Waals surface area contributed by atoms with E-state index in [1.807, 2.05) is 0 Å². The number of rotatable bonds is 4. The zero-order valence-corrected chi connectivity index (χ0v) is 7.67. The molecule has 68 valence electrons. The molecule has 0 aliphatic rings. The molecule has 1 heterocycles. The van der Waals surface area contributed by atoms with E-state index in [2.05, 4.69) is 16.9 Å². The molecule has 1 atom stereocenters. The standard InChI is InChI=1S/C9H16N2O/c1-3-4-5-9-10-6-8(11-9)7(2)12/h6-7,12H,3-5H2,1-2H3,(H,10,11). The van der Waals surface area contributed by atoms with Crippen LogP contribution in [-0.2, 0) is 6.42 Å². The molecule has 12 heavy (non-hydrogen) atoms. The number of aliphatic hydroxyl groups excluding tert-OH is 1. The first-order valence-corrected chi connectivity index (χ1v) is 4.46. The maximum Gasteiger partial charge on any atom is 0.106 e. The summed E-state index contributed by atoms with van der Waals surface area (Å²) in [6.07, 6.45) is 4.60. The Bertz CT molecular complexity index is 230. The summed E-state index contributed by atoms with van der Waals surface area (Å²) in [4.78, 5) is 7.29. The van der Waals surface area contributed by atoms with E-state index in [9.17, 15) is 5.11 Å². The second-order valence-corrected chi connectivity index (χ2v) is 3.05. The number of hydrogen-bond acceptors (Lipinski definition) is 2. The Labute approximate surface area is 72.8 Å². The average molecular weight is 168 g/mol. The molecule has 1 aromatic rings. The molecule has 2 N–H and O–H groups in total. The average Bonchev–Trinajstić information content (AvgIpc) is 2.48. The molecule has 1 rings (SSSR count). The lowest BCUT2D eigenvalue weighted by molar-refractivity contribution is 0.194. The summed E-state index contributed by atoms with van der Waals surface area (Å²) in [7, 11) is 0. The maximum absolute atomic E-state index is 9.18. The Morgan fingerprint density at radius 1 is 1.67 bits per heavy atom. The van der Waals surface area contributed by atoms with Gasteiger partial charge in [0.1, 0.15) is 5.82 Å². The minimum atomic E-state index is -0.461. The Hall–Kier alpha value is -0.830. The van der Waals surface area contributed by atoms with Crippen molar-refractivity contribution in [2.45, 2.75) is 39.2 Å². The normalized spacial score (nSPS) is 13.2. The summed E-state index contributed by atoms with van der Waals surface area (Å²) in [6.45, 7) is 3.87. The van der Waals surface area contributed by atoms with Crippen LogP contribution >= 0.6 is 0 Å². The van der Waals surface area contributed by atoms with E-state index in [1.54, 1.807) is 13.1 Å². The first kappa shape index (κ1) is 9.26. The number of H-pyrrole nitrogens is 1. The third-order valence-corrected chi connectivity index (χ3v) is 1.85. The molecule has 0 aliphatic heterocycles. The lowest BCUT2D eigenvalue weighted by atomic mass is 10.2. The fraction of sp³-hybridized carbons (Fsp3) is 0.667. The van der Waals surface area contributed by atoms with Crippen molar-refractivity contribution in [3.8, 4) is 0 Å². The fourth-order valence-electron chi connectivity index (χ4n) is 1.06. The highest BCUT2D eigenvalue weighted by molar-refractivity contribution is 5.03. The van der Waals surface area contributed by atoms with Gasteiger partial charge in [0.2, 0.25) is 0 Å². The first-order chi connectivity index (χ1) is 5.74. The van der Waals surface area contributed by atoms with Crippen molar-refractivity contribution in [1.82, 2.24) is 9.97 Å². The predicted molar refractivity (Wildman–Crippen MR) is 47.8 cm³/mol. The van der Waals surface area contributed by atoms with Gasteiger partial charge in [0, 0.05) is 12.6 Å². The van der Waals surface area contributed by atoms with Crippen LogP contribution < -0.4 is 0 Å². The molecule has 0 aliphatic carbocycles. The number of aromatic amines is 1. The Morgan fingerprint density at radius 3 is 2.92 bits per heavy atom. The number of aromatic nitrogens is 2. The first-order valence-electron chi connectivity index (χ1n) is 4.46. The molecular weight excluding hydrogens is 152 g/mol. The van der Waals surface area contributed by atoms with Gasteiger partial charge in [-0.3, -0.25) is 0 Å². The number of nitrogens with zero attached hydrogens (tertiary/aromatic N) is 1. The Morgan fingerprint density at radius 2 is 2.42 bits per heavy atom. The number of imidazole rings is 1. The van der Waals surface area contributed by atoms with E-state index < -0.39 is 6.10 Å². The quantitative estimate of drug-likeness (QED) is 0.720. The molecule has 0 spiro atoms. The number of hydrogen-bond donors (Lipinski definition) is 2. The summed E-state index contributed by atoms with van der Waals surface area (Å²) in [6, 6.07) is 0. The second-order valence-electron chi connectivity index (χ2n) is 3.05. The van der Waals surface area contributed by atoms with E-state index in [4.69, 9.17) is 0 Å². The lowest BCUT2D eigenvalue weighted by Crippen LogP contribution is -1.92. The number of aliphatic hydroxyl groups is 1. The van der Waals surface area contributed by atoms with E-state index in [0.29, 0.717) is 0 Å². The predicted octanol–water partition coefficient (Wildman–Crippen LogP) is 1.81. The van der Waals surface area contributed by atoms with Gasteiger partial charge in [-0.1, -0.05) is 13.3 Å². The van der Waals surface area contributed by atoms with Crippen LogP contribution in [0.3, 0.4) is 0 Å². The molecule has 0 saturated heterocycles. The van der Waals surface area contributed by atoms with E-state index in [0.717, 1.165) is 24.4 Å². The third-order valence-electron chi connectivity index (χ3n) is 1.85. The van der Waals surface area contributed by atoms with Crippen molar-refractivity contribution in [3.05, 3.63) is 17.7 Å². The lowest BCUT2D eigenvalue weighted by Gasteiger charge is -1.96. The molecule has 0 amide bonds. The molecule has 0 fully saturated rings. The fourth-order valence-corrected chi connectivity index (χ4v) is 1.06. The van der Waals surface area contributed by atoms with Crippen molar-refractivity contribution >= 4 is 0 Å². The van der Waals surface area contributed by atoms with Gasteiger partial charge in [0.05, 0.1) is 11.8 Å². The number of aryl methyl sites for hydroxylation is 1. The largest absolute Gasteiger partial charge is 0.387 e. The van der Waals surface area contributed by atoms with Crippen LogP contribution in [0.15, 0.2) is 6.20 Å². The van der Waals surface area contributed by atoms with E-state index in [-0.39, 0.29) is 0 Å². The molecule has 0 aromatic carbocycles. The van der Waals surface area contributed by atoms with Crippen LogP contribution in [0.5, 0.6) is 0 Å². The van der Waals surface area contributed by atoms with Crippen LogP contribution in [0.4, 0.5) is 0 Å². The molecular formula is C9H16N2O. The molecule has 3 heteroatoms. The van der Waals surface area contributed by atoms with Gasteiger partial charge >= 0.3 is 0 Å². The topological polar surface area (TPSA) is 48.9 Å². The molecule has 1 aromatic heterocycles. The van der Waals surface area contributed by atoms with Crippen molar-refractivity contribution in [3.63, 3.8) is 0 Å². The van der Waals surface area contributed by atoms with Crippen molar-refractivity contribution in [2.75, 3.05) is 0 Å². The molecule has 0 saturated carbocycles. The molecule has 1 unspecified atom stereocenters. The zero-order valence-electron chi connectivity index (χ0n) is 7.67. The van der Waals surface area contributed by atoms with Crippen LogP contribution in [0, 0.1) is 0 Å². The monoisotopic (exact) mass is 168 g/mol. The van der Waals surface area contributed by atoms with Gasteiger partial charge in [-0.15, -0.1) is 0 Å². The van der Waals surface area contributed by atoms with E-state index in [1.165, 1.54) is 6.42 Å². The maximum atomic E-state index is 9.18. The van der Waals surface area contributed by atoms with Gasteiger partial charge in [-0.25, -0.2) is 4.98 Å². The summed E-state index contributed by atoms with van der Waals surface area (Å²) in [5.74, 6) is 0.979. The second kappa shape index (κ2) is 4.26. The third kappa shape index (κ3) is 2.34. The summed E-state index contributed by atoms with van der Waals surface area (Å²) >= 11 is 0. The minimum absolute atomic E-state index is 0.461. The minimum Gasteiger partial charge on any atom is -0.387 e. The van der Waals surface area contributed by atoms with Crippen molar-refractivity contribution in [2.24, 2.45) is 0 Å². The van der Waals surface area contributed by atoms with Crippen LogP contribution in [0.2, 0.25) is 0 Å². The van der Waals surface area contributed by atoms with Gasteiger partial charge in [0.25, 0.3) is 0 Å². The van der Waals surface area contributed by atoms with Gasteiger partial charge in [-0.2, -0.15) is 0 Å². The Balaban J connectivity index is 2.52. The number of nitrogens with one attached hydrogen (secondary N) is 1. The molecule has 0 bridgehead atoms. The van der Waals surface area contributed by atoms with Crippen LogP contribution in [0.25, 0.3) is 0 Å². The molecule has 0 radical (unpaired) electrons. The van der Waals surface area contributed by atoms with Gasteiger partial charge in [0.15, 0.2) is 0 Å². The van der Waals surface area contributed by atoms with E-state index >= 15 is 0 Å². The van der Waals surface area contributed by atoms with Gasteiger partial charge < -0.3 is 10.1 Å². The highest BCUT2D eigenvalue weighted by atomic mass is 16.3. The summed E-state index contributed by atoms with van der Waals surface area (Å²) in [5, 5.41) is 9.18. The van der Waals surface area contributed by atoms with Crippen molar-refractivity contribution in [1.29, 1.82) is 0 Å². The summed E-state index contributed by atoms with van der Waals surface area (Å²) in [5.41, 5.74) is 0.737. The highest BCUT2D eigenvalue weighted by Crippen LogP contribution is 2.09.